The lowest BCUT2D eigenvalue weighted by Crippen LogP contribution is -2.09. The first kappa shape index (κ1) is 24.6. The molecule has 0 N–H and O–H groups in total. The van der Waals surface area contributed by atoms with Crippen LogP contribution in [0.3, 0.4) is 0 Å². The number of hydrogen-bond acceptors (Lipinski definition) is 3. The molecule has 0 amide bonds. The van der Waals surface area contributed by atoms with Crippen molar-refractivity contribution in [1.29, 1.82) is 0 Å². The molecule has 0 atom stereocenters. The number of thiophene rings is 2. The zero-order valence-corrected chi connectivity index (χ0v) is 24.8. The second kappa shape index (κ2) is 9.81. The zero-order valence-electron chi connectivity index (χ0n) is 23.2. The van der Waals surface area contributed by atoms with Crippen LogP contribution in [-0.4, -0.2) is 0 Å². The third-order valence-corrected chi connectivity index (χ3v) is 10.7. The average Bonchev–Trinajstić information content (AvgIpc) is 3.64. The molecule has 0 aliphatic carbocycles. The van der Waals surface area contributed by atoms with E-state index in [0.717, 1.165) is 17.1 Å². The van der Waals surface area contributed by atoms with E-state index in [1.807, 2.05) is 22.7 Å². The van der Waals surface area contributed by atoms with Gasteiger partial charge in [-0.05, 0) is 82.6 Å². The number of rotatable bonds is 4. The molecule has 0 aliphatic rings. The molecular weight excluding hydrogens is 559 g/mol. The number of anilines is 3. The summed E-state index contributed by atoms with van der Waals surface area (Å²) in [5.41, 5.74) is 5.90. The molecule has 0 fully saturated rings. The highest BCUT2D eigenvalue weighted by Crippen LogP contribution is 2.44. The molecule has 0 unspecified atom stereocenters. The van der Waals surface area contributed by atoms with Crippen LogP contribution in [0.25, 0.3) is 62.2 Å². The molecule has 7 aromatic carbocycles. The van der Waals surface area contributed by atoms with Crippen LogP contribution < -0.4 is 4.90 Å². The molecular formula is C40H25NS2. The highest BCUT2D eigenvalue weighted by atomic mass is 32.1. The summed E-state index contributed by atoms with van der Waals surface area (Å²) in [6.07, 6.45) is 0. The summed E-state index contributed by atoms with van der Waals surface area (Å²) in [5.74, 6) is 0. The molecule has 2 aromatic heterocycles. The Balaban J connectivity index is 1.27. The van der Waals surface area contributed by atoms with E-state index in [1.165, 1.54) is 62.2 Å². The van der Waals surface area contributed by atoms with Gasteiger partial charge in [0.1, 0.15) is 0 Å². The highest BCUT2D eigenvalue weighted by molar-refractivity contribution is 7.26. The van der Waals surface area contributed by atoms with Gasteiger partial charge >= 0.3 is 0 Å². The van der Waals surface area contributed by atoms with Crippen LogP contribution in [0.1, 0.15) is 0 Å². The van der Waals surface area contributed by atoms with Crippen LogP contribution in [0.2, 0.25) is 0 Å². The summed E-state index contributed by atoms with van der Waals surface area (Å²) in [7, 11) is 0. The summed E-state index contributed by atoms with van der Waals surface area (Å²) in [4.78, 5) is 2.41. The van der Waals surface area contributed by atoms with Gasteiger partial charge in [-0.2, -0.15) is 0 Å². The van der Waals surface area contributed by atoms with E-state index in [4.69, 9.17) is 0 Å². The third-order valence-electron chi connectivity index (χ3n) is 8.45. The SMILES string of the molecule is c1ccc(-c2ccc(N(c3ccc4sc5ccccc5c4c3)c3ccc4sc5ccc6ccccc6c5c4c3)cc2)cc1. The molecule has 9 rings (SSSR count). The Hall–Kier alpha value is -4.96. The minimum absolute atomic E-state index is 1.14. The molecule has 43 heavy (non-hydrogen) atoms. The van der Waals surface area contributed by atoms with E-state index >= 15 is 0 Å². The van der Waals surface area contributed by atoms with Crippen molar-refractivity contribution in [2.24, 2.45) is 0 Å². The van der Waals surface area contributed by atoms with Crippen LogP contribution in [-0.2, 0) is 0 Å². The van der Waals surface area contributed by atoms with Crippen molar-refractivity contribution in [3.05, 3.63) is 152 Å². The van der Waals surface area contributed by atoms with Crippen molar-refractivity contribution in [3.63, 3.8) is 0 Å². The lowest BCUT2D eigenvalue weighted by Gasteiger charge is -2.26. The lowest BCUT2D eigenvalue weighted by atomic mass is 10.0. The van der Waals surface area contributed by atoms with Crippen molar-refractivity contribution >= 4 is 90.9 Å². The fraction of sp³-hybridized carbons (Fsp3) is 0. The maximum Gasteiger partial charge on any atom is 0.0468 e. The topological polar surface area (TPSA) is 3.24 Å². The van der Waals surface area contributed by atoms with E-state index in [1.54, 1.807) is 0 Å². The normalized spacial score (nSPS) is 11.7. The lowest BCUT2D eigenvalue weighted by molar-refractivity contribution is 1.30. The molecule has 3 heteroatoms. The Morgan fingerprint density at radius 1 is 0.349 bits per heavy atom. The van der Waals surface area contributed by atoms with Gasteiger partial charge < -0.3 is 4.90 Å². The average molecular weight is 584 g/mol. The van der Waals surface area contributed by atoms with E-state index < -0.39 is 0 Å². The number of fused-ring (bicyclic) bond motifs is 8. The summed E-state index contributed by atoms with van der Waals surface area (Å²) in [6.45, 7) is 0. The predicted molar refractivity (Wildman–Crippen MR) is 190 cm³/mol. The summed E-state index contributed by atoms with van der Waals surface area (Å²) < 4.78 is 5.28. The molecule has 1 nitrogen and oxygen atoms in total. The molecule has 202 valence electrons. The second-order valence-electron chi connectivity index (χ2n) is 11.0. The number of hydrogen-bond donors (Lipinski definition) is 0. The molecule has 0 aliphatic heterocycles. The minimum atomic E-state index is 1.14. The molecule has 0 spiro atoms. The molecule has 0 saturated heterocycles. The standard InChI is InChI=1S/C40H25NS2/c1-2-8-26(9-3-1)27-14-17-29(18-15-27)41(30-19-22-37-34(24-30)33-12-6-7-13-36(33)42-37)31-20-23-38-35(25-31)40-32-11-5-4-10-28(32)16-21-39(40)43-38/h1-25H. The van der Waals surface area contributed by atoms with Gasteiger partial charge in [0.2, 0.25) is 0 Å². The largest absolute Gasteiger partial charge is 0.310 e. The maximum absolute atomic E-state index is 2.41. The van der Waals surface area contributed by atoms with Crippen LogP contribution in [0.4, 0.5) is 17.1 Å². The van der Waals surface area contributed by atoms with Crippen molar-refractivity contribution in [2.45, 2.75) is 0 Å². The van der Waals surface area contributed by atoms with Gasteiger partial charge in [-0.1, -0.05) is 91.0 Å². The van der Waals surface area contributed by atoms with Gasteiger partial charge in [0.15, 0.2) is 0 Å². The van der Waals surface area contributed by atoms with Crippen LogP contribution in [0.5, 0.6) is 0 Å². The van der Waals surface area contributed by atoms with Crippen LogP contribution in [0.15, 0.2) is 152 Å². The number of benzene rings is 7. The first-order valence-corrected chi connectivity index (χ1v) is 16.1. The van der Waals surface area contributed by atoms with E-state index in [9.17, 15) is 0 Å². The van der Waals surface area contributed by atoms with Crippen molar-refractivity contribution < 1.29 is 0 Å². The minimum Gasteiger partial charge on any atom is -0.310 e. The highest BCUT2D eigenvalue weighted by Gasteiger charge is 2.17. The van der Waals surface area contributed by atoms with Gasteiger partial charge in [0.05, 0.1) is 0 Å². The molecule has 2 heterocycles. The van der Waals surface area contributed by atoms with Gasteiger partial charge in [0.25, 0.3) is 0 Å². The third kappa shape index (κ3) is 4.04. The molecule has 9 aromatic rings. The van der Waals surface area contributed by atoms with E-state index in [-0.39, 0.29) is 0 Å². The Bertz CT molecular complexity index is 2450. The van der Waals surface area contributed by atoms with Crippen molar-refractivity contribution in [3.8, 4) is 11.1 Å². The fourth-order valence-electron chi connectivity index (χ4n) is 6.41. The van der Waals surface area contributed by atoms with Gasteiger partial charge in [-0.25, -0.2) is 0 Å². The Morgan fingerprint density at radius 3 is 1.72 bits per heavy atom. The predicted octanol–water partition coefficient (Wildman–Crippen LogP) is 12.7. The fourth-order valence-corrected chi connectivity index (χ4v) is 8.60. The Labute approximate surface area is 257 Å². The van der Waals surface area contributed by atoms with E-state index in [0.29, 0.717) is 0 Å². The second-order valence-corrected chi connectivity index (χ2v) is 13.1. The summed E-state index contributed by atoms with van der Waals surface area (Å²) in [5, 5.41) is 7.86. The van der Waals surface area contributed by atoms with Crippen LogP contribution >= 0.6 is 22.7 Å². The van der Waals surface area contributed by atoms with Crippen molar-refractivity contribution in [2.75, 3.05) is 4.90 Å². The van der Waals surface area contributed by atoms with Crippen molar-refractivity contribution in [1.82, 2.24) is 0 Å². The first-order valence-electron chi connectivity index (χ1n) is 14.5. The Kier molecular flexibility index (Phi) is 5.62. The first-order chi connectivity index (χ1) is 21.3. The molecule has 0 radical (unpaired) electrons. The smallest absolute Gasteiger partial charge is 0.0468 e. The Morgan fingerprint density at radius 2 is 0.907 bits per heavy atom. The van der Waals surface area contributed by atoms with Gasteiger partial charge in [-0.3, -0.25) is 0 Å². The van der Waals surface area contributed by atoms with Gasteiger partial charge in [0, 0.05) is 57.4 Å². The summed E-state index contributed by atoms with van der Waals surface area (Å²) in [6, 6.07) is 55.5. The number of nitrogens with zero attached hydrogens (tertiary/aromatic N) is 1. The van der Waals surface area contributed by atoms with Crippen LogP contribution in [0, 0.1) is 0 Å². The van der Waals surface area contributed by atoms with Gasteiger partial charge in [-0.15, -0.1) is 22.7 Å². The summed E-state index contributed by atoms with van der Waals surface area (Å²) >= 11 is 3.74. The quantitative estimate of drug-likeness (QED) is 0.199. The molecule has 0 saturated carbocycles. The van der Waals surface area contributed by atoms with E-state index in [2.05, 4.69) is 157 Å². The molecule has 0 bridgehead atoms. The monoisotopic (exact) mass is 583 g/mol. The zero-order chi connectivity index (χ0) is 28.3. The maximum atomic E-state index is 2.41.